The molecule has 2 aromatic heterocycles. The van der Waals surface area contributed by atoms with E-state index in [-0.39, 0.29) is 17.8 Å². The Morgan fingerprint density at radius 2 is 2.04 bits per heavy atom. The predicted octanol–water partition coefficient (Wildman–Crippen LogP) is 4.46. The van der Waals surface area contributed by atoms with Gasteiger partial charge in [0.05, 0.1) is 11.6 Å². The number of nitrogens with one attached hydrogen (secondary N) is 1. The zero-order valence-corrected chi connectivity index (χ0v) is 15.9. The molecule has 0 spiro atoms. The van der Waals surface area contributed by atoms with Crippen molar-refractivity contribution in [3.63, 3.8) is 0 Å². The lowest BCUT2D eigenvalue weighted by Crippen LogP contribution is -2.27. The number of amides is 1. The van der Waals surface area contributed by atoms with Crippen LogP contribution in [0.3, 0.4) is 0 Å². The van der Waals surface area contributed by atoms with Gasteiger partial charge in [0.15, 0.2) is 6.61 Å². The summed E-state index contributed by atoms with van der Waals surface area (Å²) >= 11 is 0. The predicted molar refractivity (Wildman–Crippen MR) is 103 cm³/mol. The highest BCUT2D eigenvalue weighted by molar-refractivity contribution is 5.98. The van der Waals surface area contributed by atoms with Gasteiger partial charge in [-0.3, -0.25) is 9.78 Å². The molecular formula is C21H21F2N3O2. The summed E-state index contributed by atoms with van der Waals surface area (Å²) in [5.41, 5.74) is 2.73. The van der Waals surface area contributed by atoms with Crippen LogP contribution in [0.4, 0.5) is 8.78 Å². The summed E-state index contributed by atoms with van der Waals surface area (Å²) in [6.45, 7) is 3.61. The summed E-state index contributed by atoms with van der Waals surface area (Å²) in [7, 11) is 0. The average Bonchev–Trinajstić information content (AvgIpc) is 2.65. The summed E-state index contributed by atoms with van der Waals surface area (Å²) < 4.78 is 31.0. The molecule has 1 N–H and O–H groups in total. The third kappa shape index (κ3) is 4.79. The first-order valence-corrected chi connectivity index (χ1v) is 8.86. The first-order chi connectivity index (χ1) is 13.2. The lowest BCUT2D eigenvalue weighted by atomic mass is 10.1. The molecular weight excluding hydrogens is 364 g/mol. The topological polar surface area (TPSA) is 64.1 Å². The number of halogens is 2. The molecule has 0 saturated carbocycles. The molecule has 3 aromatic rings. The number of fused-ring (bicyclic) bond motifs is 1. The molecule has 0 bridgehead atoms. The number of ether oxygens (including phenoxy) is 1. The highest BCUT2D eigenvalue weighted by Crippen LogP contribution is 2.22. The van der Waals surface area contributed by atoms with Gasteiger partial charge in [-0.15, -0.1) is 0 Å². The van der Waals surface area contributed by atoms with Gasteiger partial charge in [0.2, 0.25) is 5.88 Å². The van der Waals surface area contributed by atoms with Gasteiger partial charge in [-0.1, -0.05) is 6.07 Å². The van der Waals surface area contributed by atoms with Crippen molar-refractivity contribution >= 4 is 16.8 Å². The number of hydrogen-bond acceptors (Lipinski definition) is 4. The molecule has 1 atom stereocenters. The van der Waals surface area contributed by atoms with Gasteiger partial charge in [-0.2, -0.15) is 0 Å². The molecule has 0 aliphatic rings. The van der Waals surface area contributed by atoms with Crippen molar-refractivity contribution in [2.24, 2.45) is 0 Å². The molecule has 28 heavy (non-hydrogen) atoms. The van der Waals surface area contributed by atoms with E-state index in [1.807, 2.05) is 19.1 Å². The van der Waals surface area contributed by atoms with Crippen molar-refractivity contribution in [2.75, 3.05) is 6.61 Å². The Hall–Kier alpha value is -3.09. The van der Waals surface area contributed by atoms with Crippen LogP contribution < -0.4 is 10.1 Å². The SMILES string of the molecule is Cc1cc(C(C)NC(=O)c2ccc3ncccc3c2)cnc1OCC(C)(F)F. The van der Waals surface area contributed by atoms with Crippen molar-refractivity contribution in [2.45, 2.75) is 32.7 Å². The summed E-state index contributed by atoms with van der Waals surface area (Å²) in [6, 6.07) is 10.5. The summed E-state index contributed by atoms with van der Waals surface area (Å²) in [6.07, 6.45) is 3.22. The van der Waals surface area contributed by atoms with Gasteiger partial charge in [0.25, 0.3) is 11.8 Å². The van der Waals surface area contributed by atoms with Crippen LogP contribution in [0.15, 0.2) is 48.8 Å². The Kier molecular flexibility index (Phi) is 5.53. The van der Waals surface area contributed by atoms with Crippen molar-refractivity contribution in [1.29, 1.82) is 0 Å². The van der Waals surface area contributed by atoms with Crippen molar-refractivity contribution in [1.82, 2.24) is 15.3 Å². The molecule has 0 aliphatic heterocycles. The molecule has 2 heterocycles. The Balaban J connectivity index is 1.70. The van der Waals surface area contributed by atoms with E-state index >= 15 is 0 Å². The maximum Gasteiger partial charge on any atom is 0.278 e. The van der Waals surface area contributed by atoms with Crippen LogP contribution in [0, 0.1) is 6.92 Å². The minimum Gasteiger partial charge on any atom is -0.471 e. The van der Waals surface area contributed by atoms with Gasteiger partial charge in [-0.25, -0.2) is 13.8 Å². The van der Waals surface area contributed by atoms with E-state index in [4.69, 9.17) is 4.74 Å². The van der Waals surface area contributed by atoms with E-state index in [0.717, 1.165) is 23.4 Å². The average molecular weight is 385 g/mol. The number of pyridine rings is 2. The van der Waals surface area contributed by atoms with Gasteiger partial charge in [0, 0.05) is 35.8 Å². The lowest BCUT2D eigenvalue weighted by molar-refractivity contribution is -0.0244. The highest BCUT2D eigenvalue weighted by Gasteiger charge is 2.23. The van der Waals surface area contributed by atoms with Crippen LogP contribution in [0.25, 0.3) is 10.9 Å². The number of hydrogen-bond donors (Lipinski definition) is 1. The van der Waals surface area contributed by atoms with E-state index in [1.165, 1.54) is 6.20 Å². The van der Waals surface area contributed by atoms with Crippen LogP contribution >= 0.6 is 0 Å². The normalized spacial score (nSPS) is 12.6. The molecule has 1 unspecified atom stereocenters. The number of aromatic nitrogens is 2. The number of benzene rings is 1. The zero-order valence-electron chi connectivity index (χ0n) is 15.9. The molecule has 1 amide bonds. The summed E-state index contributed by atoms with van der Waals surface area (Å²) in [5.74, 6) is -2.99. The number of nitrogens with zero attached hydrogens (tertiary/aromatic N) is 2. The van der Waals surface area contributed by atoms with E-state index in [0.29, 0.717) is 11.1 Å². The largest absolute Gasteiger partial charge is 0.471 e. The molecule has 7 heteroatoms. The fraction of sp³-hybridized carbons (Fsp3) is 0.286. The van der Waals surface area contributed by atoms with Crippen molar-refractivity contribution in [3.05, 3.63) is 65.5 Å². The molecule has 5 nitrogen and oxygen atoms in total. The van der Waals surface area contributed by atoms with Crippen molar-refractivity contribution < 1.29 is 18.3 Å². The maximum atomic E-state index is 12.9. The number of carbonyl (C=O) groups excluding carboxylic acids is 1. The first-order valence-electron chi connectivity index (χ1n) is 8.86. The quantitative estimate of drug-likeness (QED) is 0.680. The Labute approximate surface area is 161 Å². The van der Waals surface area contributed by atoms with Gasteiger partial charge < -0.3 is 10.1 Å². The molecule has 0 radical (unpaired) electrons. The Morgan fingerprint density at radius 3 is 2.75 bits per heavy atom. The third-order valence-electron chi connectivity index (χ3n) is 4.23. The lowest BCUT2D eigenvalue weighted by Gasteiger charge is -2.17. The molecule has 3 rings (SSSR count). The molecule has 0 saturated heterocycles. The first kappa shape index (κ1) is 19.7. The standard InChI is InChI=1S/C21H21F2N3O2/c1-13-9-17(11-25-20(13)28-12-21(3,22)23)14(2)26-19(27)16-6-7-18-15(10-16)5-4-8-24-18/h4-11,14H,12H2,1-3H3,(H,26,27). The van der Waals surface area contributed by atoms with E-state index in [2.05, 4.69) is 15.3 Å². The second-order valence-corrected chi connectivity index (χ2v) is 6.86. The minimum absolute atomic E-state index is 0.158. The fourth-order valence-electron chi connectivity index (χ4n) is 2.75. The number of aryl methyl sites for hydroxylation is 1. The molecule has 0 fully saturated rings. The summed E-state index contributed by atoms with van der Waals surface area (Å²) in [4.78, 5) is 20.9. The van der Waals surface area contributed by atoms with Gasteiger partial charge in [-0.05, 0) is 49.7 Å². The summed E-state index contributed by atoms with van der Waals surface area (Å²) in [5, 5.41) is 3.80. The van der Waals surface area contributed by atoms with Crippen LogP contribution in [0.2, 0.25) is 0 Å². The molecule has 1 aromatic carbocycles. The number of alkyl halides is 2. The fourth-order valence-corrected chi connectivity index (χ4v) is 2.75. The number of rotatable bonds is 6. The highest BCUT2D eigenvalue weighted by atomic mass is 19.3. The van der Waals surface area contributed by atoms with Gasteiger partial charge in [0.1, 0.15) is 0 Å². The van der Waals surface area contributed by atoms with Crippen molar-refractivity contribution in [3.8, 4) is 5.88 Å². The Morgan fingerprint density at radius 1 is 1.25 bits per heavy atom. The van der Waals surface area contributed by atoms with Crippen LogP contribution in [0.5, 0.6) is 5.88 Å². The number of carbonyl (C=O) groups is 1. The van der Waals surface area contributed by atoms with E-state index < -0.39 is 12.5 Å². The van der Waals surface area contributed by atoms with Crippen LogP contribution in [-0.4, -0.2) is 28.4 Å². The molecule has 146 valence electrons. The smallest absolute Gasteiger partial charge is 0.278 e. The Bertz CT molecular complexity index is 1000. The zero-order chi connectivity index (χ0) is 20.3. The second-order valence-electron chi connectivity index (χ2n) is 6.86. The minimum atomic E-state index is -2.93. The monoisotopic (exact) mass is 385 g/mol. The van der Waals surface area contributed by atoms with Crippen LogP contribution in [0.1, 0.15) is 41.4 Å². The third-order valence-corrected chi connectivity index (χ3v) is 4.23. The second kappa shape index (κ2) is 7.88. The van der Waals surface area contributed by atoms with E-state index in [9.17, 15) is 13.6 Å². The van der Waals surface area contributed by atoms with Gasteiger partial charge >= 0.3 is 0 Å². The van der Waals surface area contributed by atoms with Crippen LogP contribution in [-0.2, 0) is 0 Å². The maximum absolute atomic E-state index is 12.9. The molecule has 0 aliphatic carbocycles. The van der Waals surface area contributed by atoms with E-state index in [1.54, 1.807) is 37.4 Å².